The van der Waals surface area contributed by atoms with E-state index in [1.54, 1.807) is 12.0 Å². The molecule has 0 aliphatic heterocycles. The van der Waals surface area contributed by atoms with Crippen LogP contribution in [0.3, 0.4) is 0 Å². The number of carbonyl (C=O) groups is 2. The Bertz CT molecular complexity index is 708. The number of hydrogen-bond donors (Lipinski definition) is 1. The van der Waals surface area contributed by atoms with E-state index in [1.807, 2.05) is 31.3 Å². The fourth-order valence-electron chi connectivity index (χ4n) is 2.76. The molecule has 6 nitrogen and oxygen atoms in total. The molecule has 0 unspecified atom stereocenters. The number of aromatic amines is 1. The minimum atomic E-state index is -0.326. The Hall–Kier alpha value is -2.34. The fourth-order valence-corrected chi connectivity index (χ4v) is 2.76. The van der Waals surface area contributed by atoms with Crippen molar-refractivity contribution in [1.82, 2.24) is 9.88 Å². The first kappa shape index (κ1) is 18.0. The molecule has 0 bridgehead atoms. The predicted molar refractivity (Wildman–Crippen MR) is 91.8 cm³/mol. The van der Waals surface area contributed by atoms with E-state index < -0.39 is 0 Å². The number of nitrogens with zero attached hydrogens (tertiary/aromatic N) is 1. The van der Waals surface area contributed by atoms with Crippen molar-refractivity contribution in [1.29, 1.82) is 0 Å². The molecule has 0 aliphatic carbocycles. The lowest BCUT2D eigenvalue weighted by molar-refractivity contribution is -0.141. The molecule has 0 saturated carbocycles. The number of hydrogen-bond acceptors (Lipinski definition) is 4. The Balaban J connectivity index is 2.11. The van der Waals surface area contributed by atoms with E-state index >= 15 is 0 Å². The molecule has 0 aliphatic rings. The molecule has 130 valence electrons. The van der Waals surface area contributed by atoms with E-state index in [2.05, 4.69) is 9.72 Å². The Morgan fingerprint density at radius 1 is 1.21 bits per heavy atom. The van der Waals surface area contributed by atoms with Gasteiger partial charge in [-0.15, -0.1) is 0 Å². The van der Waals surface area contributed by atoms with Crippen molar-refractivity contribution < 1.29 is 19.1 Å². The zero-order valence-corrected chi connectivity index (χ0v) is 14.4. The molecule has 6 heteroatoms. The van der Waals surface area contributed by atoms with Crippen molar-refractivity contribution in [2.24, 2.45) is 0 Å². The van der Waals surface area contributed by atoms with E-state index in [0.717, 1.165) is 22.0 Å². The number of carbonyl (C=O) groups excluding carboxylic acids is 2. The number of esters is 1. The third-order valence-corrected chi connectivity index (χ3v) is 4.07. The summed E-state index contributed by atoms with van der Waals surface area (Å²) in [6.45, 7) is 3.24. The molecule has 1 amide bonds. The minimum absolute atomic E-state index is 0.0277. The summed E-state index contributed by atoms with van der Waals surface area (Å²) in [4.78, 5) is 28.9. The molecule has 1 aromatic heterocycles. The van der Waals surface area contributed by atoms with Gasteiger partial charge in [0.1, 0.15) is 0 Å². The average molecular weight is 332 g/mol. The van der Waals surface area contributed by atoms with Crippen molar-refractivity contribution in [2.75, 3.05) is 33.9 Å². The Kier molecular flexibility index (Phi) is 6.37. The smallest absolute Gasteiger partial charge is 0.307 e. The van der Waals surface area contributed by atoms with Gasteiger partial charge in [0.15, 0.2) is 0 Å². The highest BCUT2D eigenvalue weighted by atomic mass is 16.5. The van der Waals surface area contributed by atoms with Crippen LogP contribution in [0.1, 0.15) is 17.5 Å². The normalized spacial score (nSPS) is 10.8. The quantitative estimate of drug-likeness (QED) is 0.751. The first-order valence-corrected chi connectivity index (χ1v) is 7.96. The number of aromatic nitrogens is 1. The highest BCUT2D eigenvalue weighted by Gasteiger charge is 2.18. The lowest BCUT2D eigenvalue weighted by atomic mass is 10.0. The topological polar surface area (TPSA) is 71.6 Å². The summed E-state index contributed by atoms with van der Waals surface area (Å²) < 4.78 is 9.71. The number of amides is 1. The van der Waals surface area contributed by atoms with E-state index in [-0.39, 0.29) is 24.7 Å². The molecule has 1 heterocycles. The number of methoxy groups -OCH3 is 2. The second-order valence-electron chi connectivity index (χ2n) is 5.69. The summed E-state index contributed by atoms with van der Waals surface area (Å²) in [5.41, 5.74) is 3.12. The van der Waals surface area contributed by atoms with Gasteiger partial charge in [0, 0.05) is 37.3 Å². The molecule has 2 aromatic rings. The standard InChI is InChI=1S/C18H24N2O4/c1-13-5-4-6-15-18(13)14(12-19-15)11-16(21)20(9-10-23-2)8-7-17(22)24-3/h4-6,12,19H,7-11H2,1-3H3. The molecular formula is C18H24N2O4. The SMILES string of the molecule is COCCN(CCC(=O)OC)C(=O)Cc1c[nH]c2cccc(C)c12. The number of aryl methyl sites for hydroxylation is 1. The van der Waals surface area contributed by atoms with Crippen molar-refractivity contribution in [3.63, 3.8) is 0 Å². The number of benzene rings is 1. The van der Waals surface area contributed by atoms with Gasteiger partial charge in [-0.1, -0.05) is 12.1 Å². The van der Waals surface area contributed by atoms with Crippen LogP contribution >= 0.6 is 0 Å². The molecule has 0 radical (unpaired) electrons. The summed E-state index contributed by atoms with van der Waals surface area (Å²) in [6.07, 6.45) is 2.35. The minimum Gasteiger partial charge on any atom is -0.469 e. The zero-order valence-electron chi connectivity index (χ0n) is 14.4. The van der Waals surface area contributed by atoms with Crippen molar-refractivity contribution in [3.05, 3.63) is 35.5 Å². The van der Waals surface area contributed by atoms with E-state index in [1.165, 1.54) is 7.11 Å². The van der Waals surface area contributed by atoms with Crippen LogP contribution in [0.5, 0.6) is 0 Å². The van der Waals surface area contributed by atoms with Crippen LogP contribution in [0.4, 0.5) is 0 Å². The van der Waals surface area contributed by atoms with E-state index in [4.69, 9.17) is 4.74 Å². The molecule has 0 atom stereocenters. The summed E-state index contributed by atoms with van der Waals surface area (Å²) in [5.74, 6) is -0.353. The van der Waals surface area contributed by atoms with Gasteiger partial charge in [-0.2, -0.15) is 0 Å². The molecule has 2 rings (SSSR count). The summed E-state index contributed by atoms with van der Waals surface area (Å²) in [5, 5.41) is 1.09. The maximum atomic E-state index is 12.7. The number of ether oxygens (including phenoxy) is 2. The maximum Gasteiger partial charge on any atom is 0.307 e. The number of fused-ring (bicyclic) bond motifs is 1. The summed E-state index contributed by atoms with van der Waals surface area (Å²) in [6, 6.07) is 6.02. The van der Waals surface area contributed by atoms with Crippen molar-refractivity contribution in [2.45, 2.75) is 19.8 Å². The largest absolute Gasteiger partial charge is 0.469 e. The van der Waals surface area contributed by atoms with Gasteiger partial charge in [-0.05, 0) is 24.1 Å². The second kappa shape index (κ2) is 8.49. The molecular weight excluding hydrogens is 308 g/mol. The van der Waals surface area contributed by atoms with Gasteiger partial charge in [0.25, 0.3) is 0 Å². The zero-order chi connectivity index (χ0) is 17.5. The van der Waals surface area contributed by atoms with Crippen LogP contribution in [0, 0.1) is 6.92 Å². The second-order valence-corrected chi connectivity index (χ2v) is 5.69. The predicted octanol–water partition coefficient (Wildman–Crippen LogP) is 2.06. The van der Waals surface area contributed by atoms with Crippen LogP contribution in [0.25, 0.3) is 10.9 Å². The third kappa shape index (κ3) is 4.35. The molecule has 0 fully saturated rings. The van der Waals surface area contributed by atoms with Crippen LogP contribution in [-0.4, -0.2) is 55.7 Å². The first-order chi connectivity index (χ1) is 11.6. The third-order valence-electron chi connectivity index (χ3n) is 4.07. The van der Waals surface area contributed by atoms with Crippen LogP contribution < -0.4 is 0 Å². The maximum absolute atomic E-state index is 12.7. The monoisotopic (exact) mass is 332 g/mol. The molecule has 1 aromatic carbocycles. The Labute approximate surface area is 141 Å². The number of nitrogens with one attached hydrogen (secondary N) is 1. The van der Waals surface area contributed by atoms with Gasteiger partial charge in [-0.25, -0.2) is 0 Å². The summed E-state index contributed by atoms with van der Waals surface area (Å²) in [7, 11) is 2.93. The highest BCUT2D eigenvalue weighted by molar-refractivity contribution is 5.91. The van der Waals surface area contributed by atoms with Crippen LogP contribution in [-0.2, 0) is 25.5 Å². The molecule has 0 saturated heterocycles. The van der Waals surface area contributed by atoms with Crippen LogP contribution in [0.15, 0.2) is 24.4 Å². The van der Waals surface area contributed by atoms with Gasteiger partial charge < -0.3 is 19.4 Å². The average Bonchev–Trinajstić information content (AvgIpc) is 2.98. The van der Waals surface area contributed by atoms with Gasteiger partial charge in [0.05, 0.1) is 26.6 Å². The Morgan fingerprint density at radius 3 is 2.71 bits per heavy atom. The summed E-state index contributed by atoms with van der Waals surface area (Å²) >= 11 is 0. The first-order valence-electron chi connectivity index (χ1n) is 7.96. The van der Waals surface area contributed by atoms with Crippen LogP contribution in [0.2, 0.25) is 0 Å². The van der Waals surface area contributed by atoms with E-state index in [0.29, 0.717) is 19.7 Å². The van der Waals surface area contributed by atoms with Crippen molar-refractivity contribution >= 4 is 22.8 Å². The fraction of sp³-hybridized carbons (Fsp3) is 0.444. The van der Waals surface area contributed by atoms with Gasteiger partial charge in [0.2, 0.25) is 5.91 Å². The molecule has 24 heavy (non-hydrogen) atoms. The highest BCUT2D eigenvalue weighted by Crippen LogP contribution is 2.22. The molecule has 0 spiro atoms. The lowest BCUT2D eigenvalue weighted by Gasteiger charge is -2.22. The molecule has 1 N–H and O–H groups in total. The van der Waals surface area contributed by atoms with Crippen molar-refractivity contribution in [3.8, 4) is 0 Å². The Morgan fingerprint density at radius 2 is 2.00 bits per heavy atom. The van der Waals surface area contributed by atoms with Gasteiger partial charge >= 0.3 is 5.97 Å². The van der Waals surface area contributed by atoms with Gasteiger partial charge in [-0.3, -0.25) is 9.59 Å². The van der Waals surface area contributed by atoms with E-state index in [9.17, 15) is 9.59 Å². The number of rotatable bonds is 8. The number of H-pyrrole nitrogens is 1. The lowest BCUT2D eigenvalue weighted by Crippen LogP contribution is -2.36.